The van der Waals surface area contributed by atoms with Gasteiger partial charge in [-0.3, -0.25) is 14.9 Å². The van der Waals surface area contributed by atoms with Crippen molar-refractivity contribution in [2.24, 2.45) is 5.10 Å². The predicted molar refractivity (Wildman–Crippen MR) is 80.1 cm³/mol. The Morgan fingerprint density at radius 2 is 2.15 bits per heavy atom. The van der Waals surface area contributed by atoms with Crippen LogP contribution in [0.1, 0.15) is 50.3 Å². The summed E-state index contributed by atoms with van der Waals surface area (Å²) < 4.78 is 0. The van der Waals surface area contributed by atoms with Crippen LogP contribution >= 0.6 is 11.3 Å². The molecule has 0 aliphatic heterocycles. The zero-order valence-corrected chi connectivity index (χ0v) is 12.3. The first-order valence-corrected chi connectivity index (χ1v) is 7.51. The molecule has 0 spiro atoms. The van der Waals surface area contributed by atoms with Gasteiger partial charge in [-0.15, -0.1) is 0 Å². The molecule has 110 valence electrons. The van der Waals surface area contributed by atoms with Crippen molar-refractivity contribution < 1.29 is 9.72 Å². The van der Waals surface area contributed by atoms with E-state index in [1.165, 1.54) is 25.1 Å². The predicted octanol–water partition coefficient (Wildman–Crippen LogP) is 3.47. The van der Waals surface area contributed by atoms with Gasteiger partial charge in [0.05, 0.1) is 16.0 Å². The van der Waals surface area contributed by atoms with Crippen molar-refractivity contribution in [1.82, 2.24) is 5.43 Å². The highest BCUT2D eigenvalue weighted by Crippen LogP contribution is 2.22. The molecular weight excluding hydrogens is 278 g/mol. The Hall–Kier alpha value is -1.76. The maximum Gasteiger partial charge on any atom is 0.324 e. The second kappa shape index (κ2) is 9.19. The van der Waals surface area contributed by atoms with Crippen molar-refractivity contribution >= 4 is 28.5 Å². The molecule has 0 unspecified atom stereocenters. The van der Waals surface area contributed by atoms with Crippen LogP contribution in [-0.4, -0.2) is 17.0 Å². The second-order valence-corrected chi connectivity index (χ2v) is 5.48. The molecule has 1 rings (SSSR count). The molecule has 0 aromatic carbocycles. The summed E-state index contributed by atoms with van der Waals surface area (Å²) in [5, 5.41) is 14.3. The van der Waals surface area contributed by atoms with Gasteiger partial charge in [-0.1, -0.05) is 43.9 Å². The van der Waals surface area contributed by atoms with Crippen LogP contribution in [0, 0.1) is 10.1 Å². The number of nitro groups is 1. The van der Waals surface area contributed by atoms with Crippen molar-refractivity contribution in [2.45, 2.75) is 45.4 Å². The number of nitrogens with zero attached hydrogens (tertiary/aromatic N) is 2. The van der Waals surface area contributed by atoms with E-state index >= 15 is 0 Å². The maximum atomic E-state index is 11.4. The van der Waals surface area contributed by atoms with Gasteiger partial charge in [0.25, 0.3) is 0 Å². The first-order valence-electron chi connectivity index (χ1n) is 6.69. The summed E-state index contributed by atoms with van der Waals surface area (Å²) in [6.45, 7) is 2.15. The van der Waals surface area contributed by atoms with E-state index in [-0.39, 0.29) is 10.9 Å². The average molecular weight is 297 g/mol. The van der Waals surface area contributed by atoms with E-state index in [4.69, 9.17) is 0 Å². The van der Waals surface area contributed by atoms with E-state index < -0.39 is 4.92 Å². The first kappa shape index (κ1) is 16.3. The van der Waals surface area contributed by atoms with Crippen molar-refractivity contribution in [3.8, 4) is 0 Å². The van der Waals surface area contributed by atoms with Crippen LogP contribution in [0.4, 0.5) is 5.00 Å². The molecule has 1 heterocycles. The summed E-state index contributed by atoms with van der Waals surface area (Å²) in [5.41, 5.74) is 2.43. The summed E-state index contributed by atoms with van der Waals surface area (Å²) in [5.74, 6) is -0.121. The number of nitrogens with one attached hydrogen (secondary N) is 1. The van der Waals surface area contributed by atoms with Crippen molar-refractivity contribution in [2.75, 3.05) is 0 Å². The van der Waals surface area contributed by atoms with Gasteiger partial charge in [0.15, 0.2) is 0 Å². The average Bonchev–Trinajstić information content (AvgIpc) is 2.87. The Balaban J connectivity index is 2.22. The van der Waals surface area contributed by atoms with Gasteiger partial charge in [0.2, 0.25) is 5.91 Å². The topological polar surface area (TPSA) is 84.6 Å². The van der Waals surface area contributed by atoms with E-state index in [9.17, 15) is 14.9 Å². The third-order valence-electron chi connectivity index (χ3n) is 2.68. The molecule has 1 aromatic heterocycles. The summed E-state index contributed by atoms with van der Waals surface area (Å²) in [6.07, 6.45) is 7.36. The lowest BCUT2D eigenvalue weighted by Gasteiger charge is -1.99. The molecule has 0 bridgehead atoms. The molecule has 0 atom stereocenters. The van der Waals surface area contributed by atoms with Gasteiger partial charge in [-0.25, -0.2) is 5.43 Å². The van der Waals surface area contributed by atoms with E-state index in [0.717, 1.165) is 30.6 Å². The smallest absolute Gasteiger partial charge is 0.273 e. The van der Waals surface area contributed by atoms with Crippen LogP contribution in [0.2, 0.25) is 0 Å². The van der Waals surface area contributed by atoms with Crippen molar-refractivity contribution in [3.63, 3.8) is 0 Å². The molecule has 0 saturated heterocycles. The van der Waals surface area contributed by atoms with Gasteiger partial charge < -0.3 is 0 Å². The third kappa shape index (κ3) is 6.42. The normalized spacial score (nSPS) is 10.8. The Morgan fingerprint density at radius 3 is 2.80 bits per heavy atom. The highest BCUT2D eigenvalue weighted by atomic mass is 32.1. The first-order chi connectivity index (χ1) is 9.63. The largest absolute Gasteiger partial charge is 0.324 e. The van der Waals surface area contributed by atoms with Crippen LogP contribution in [0.5, 0.6) is 0 Å². The number of amides is 1. The molecule has 0 saturated carbocycles. The van der Waals surface area contributed by atoms with Gasteiger partial charge in [0, 0.05) is 12.5 Å². The SMILES string of the molecule is CCCCCCCC(=O)N/N=C/c1ccc([N+](=O)[O-])s1. The summed E-state index contributed by atoms with van der Waals surface area (Å²) in [6, 6.07) is 3.02. The quantitative estimate of drug-likeness (QED) is 0.328. The molecule has 6 nitrogen and oxygen atoms in total. The van der Waals surface area contributed by atoms with E-state index in [0.29, 0.717) is 11.3 Å². The fourth-order valence-electron chi connectivity index (χ4n) is 1.62. The second-order valence-electron chi connectivity index (χ2n) is 4.39. The fourth-order valence-corrected chi connectivity index (χ4v) is 2.32. The lowest BCUT2D eigenvalue weighted by Crippen LogP contribution is -2.16. The molecular formula is C13H19N3O3S. The van der Waals surface area contributed by atoms with Crippen LogP contribution < -0.4 is 5.43 Å². The molecule has 0 aliphatic rings. The summed E-state index contributed by atoms with van der Waals surface area (Å²) in [4.78, 5) is 22.1. The molecule has 0 fully saturated rings. The summed E-state index contributed by atoms with van der Waals surface area (Å²) >= 11 is 1.02. The van der Waals surface area contributed by atoms with Crippen LogP contribution in [-0.2, 0) is 4.79 Å². The highest BCUT2D eigenvalue weighted by molar-refractivity contribution is 7.16. The fraction of sp³-hybridized carbons (Fsp3) is 0.538. The van der Waals surface area contributed by atoms with Gasteiger partial charge in [0.1, 0.15) is 0 Å². The third-order valence-corrected chi connectivity index (χ3v) is 3.65. The van der Waals surface area contributed by atoms with E-state index in [1.54, 1.807) is 6.07 Å². The minimum absolute atomic E-state index is 0.0636. The number of thiophene rings is 1. The number of hydrazone groups is 1. The lowest BCUT2D eigenvalue weighted by molar-refractivity contribution is -0.380. The van der Waals surface area contributed by atoms with Gasteiger partial charge in [-0.05, 0) is 12.5 Å². The molecule has 1 N–H and O–H groups in total. The highest BCUT2D eigenvalue weighted by Gasteiger charge is 2.08. The molecule has 7 heteroatoms. The number of unbranched alkanes of at least 4 members (excludes halogenated alkanes) is 4. The Morgan fingerprint density at radius 1 is 1.40 bits per heavy atom. The van der Waals surface area contributed by atoms with Gasteiger partial charge in [-0.2, -0.15) is 5.10 Å². The Labute approximate surface area is 122 Å². The number of hydrogen-bond acceptors (Lipinski definition) is 5. The van der Waals surface area contributed by atoms with Gasteiger partial charge >= 0.3 is 5.00 Å². The minimum atomic E-state index is -0.448. The molecule has 20 heavy (non-hydrogen) atoms. The zero-order valence-electron chi connectivity index (χ0n) is 11.5. The maximum absolute atomic E-state index is 11.4. The number of carbonyl (C=O) groups excluding carboxylic acids is 1. The van der Waals surface area contributed by atoms with Crippen molar-refractivity contribution in [3.05, 3.63) is 27.1 Å². The molecule has 1 amide bonds. The molecule has 0 aliphatic carbocycles. The Bertz CT molecular complexity index is 471. The monoisotopic (exact) mass is 297 g/mol. The Kier molecular flexibility index (Phi) is 7.49. The number of hydrogen-bond donors (Lipinski definition) is 1. The lowest BCUT2D eigenvalue weighted by atomic mass is 10.1. The van der Waals surface area contributed by atoms with Crippen LogP contribution in [0.3, 0.4) is 0 Å². The number of rotatable bonds is 9. The van der Waals surface area contributed by atoms with Crippen LogP contribution in [0.15, 0.2) is 17.2 Å². The molecule has 1 aromatic rings. The summed E-state index contributed by atoms with van der Waals surface area (Å²) in [7, 11) is 0. The van der Waals surface area contributed by atoms with Crippen LogP contribution in [0.25, 0.3) is 0 Å². The number of carbonyl (C=O) groups is 1. The van der Waals surface area contributed by atoms with Crippen molar-refractivity contribution in [1.29, 1.82) is 0 Å². The van der Waals surface area contributed by atoms with E-state index in [2.05, 4.69) is 17.5 Å². The zero-order chi connectivity index (χ0) is 14.8. The standard InChI is InChI=1S/C13H19N3O3S/c1-2-3-4-5-6-7-12(17)15-14-10-11-8-9-13(20-11)16(18)19/h8-10H,2-7H2,1H3,(H,15,17)/b14-10+. The molecule has 0 radical (unpaired) electrons. The minimum Gasteiger partial charge on any atom is -0.273 e. The van der Waals surface area contributed by atoms with E-state index in [1.807, 2.05) is 0 Å².